The van der Waals surface area contributed by atoms with Gasteiger partial charge in [-0.15, -0.1) is 11.3 Å². The number of hydrogen-bond acceptors (Lipinski definition) is 13. The first-order chi connectivity index (χ1) is 31.2. The highest BCUT2D eigenvalue weighted by Crippen LogP contribution is 2.71. The number of ether oxygens (including phenoxy) is 3. The summed E-state index contributed by atoms with van der Waals surface area (Å²) in [5.41, 5.74) is 0.820. The molecule has 65 heavy (non-hydrogen) atoms. The Morgan fingerprint density at radius 1 is 1.06 bits per heavy atom. The van der Waals surface area contributed by atoms with Crippen LogP contribution in [-0.4, -0.2) is 99.2 Å². The second-order valence-electron chi connectivity index (χ2n) is 17.4. The summed E-state index contributed by atoms with van der Waals surface area (Å²) in [4.78, 5) is 65.7. The molecule has 15 nitrogen and oxygen atoms in total. The monoisotopic (exact) mass is 975 g/mol. The van der Waals surface area contributed by atoms with Gasteiger partial charge in [-0.25, -0.2) is 23.5 Å². The van der Waals surface area contributed by atoms with Crippen LogP contribution in [0.15, 0.2) is 41.8 Å². The quantitative estimate of drug-likeness (QED) is 0.0714. The Balaban J connectivity index is 1.14. The molecule has 5 N–H and O–H groups in total. The summed E-state index contributed by atoms with van der Waals surface area (Å²) < 4.78 is 65.6. The number of anilines is 1. The molecule has 6 atom stereocenters. The van der Waals surface area contributed by atoms with Crippen molar-refractivity contribution in [3.05, 3.63) is 64.0 Å². The Bertz CT molecular complexity index is 2460. The molecular formula is C44H53ClF2N7O8PS2. The van der Waals surface area contributed by atoms with Gasteiger partial charge in [0.05, 0.1) is 31.0 Å². The maximum absolute atomic E-state index is 15.0. The molecule has 2 saturated carbocycles. The molecule has 21 heteroatoms. The molecule has 0 bridgehead atoms. The van der Waals surface area contributed by atoms with E-state index in [2.05, 4.69) is 20.7 Å². The molecule has 0 spiro atoms. The third kappa shape index (κ3) is 10.3. The van der Waals surface area contributed by atoms with Gasteiger partial charge in [0.2, 0.25) is 19.2 Å². The minimum Gasteiger partial charge on any atom is -0.495 e. The smallest absolute Gasteiger partial charge is 0.408 e. The zero-order chi connectivity index (χ0) is 46.0. The predicted octanol–water partition coefficient (Wildman–Crippen LogP) is 8.23. The molecule has 4 aliphatic rings. The zero-order valence-corrected chi connectivity index (χ0v) is 39.5. The van der Waals surface area contributed by atoms with Crippen LogP contribution < -0.4 is 30.1 Å². The van der Waals surface area contributed by atoms with Crippen LogP contribution in [0.4, 0.5) is 18.7 Å². The number of aromatic nitrogens is 2. The minimum atomic E-state index is -4.58. The van der Waals surface area contributed by atoms with E-state index in [-0.39, 0.29) is 43.1 Å². The van der Waals surface area contributed by atoms with Gasteiger partial charge in [-0.1, -0.05) is 36.0 Å². The summed E-state index contributed by atoms with van der Waals surface area (Å²) in [6, 6.07) is 6.06. The van der Waals surface area contributed by atoms with E-state index in [1.807, 2.05) is 19.2 Å². The number of nitrogens with one attached hydrogen (secondary N) is 4. The summed E-state index contributed by atoms with van der Waals surface area (Å²) in [6.45, 7) is 3.88. The Labute approximate surface area is 389 Å². The number of thiazole rings is 1. The van der Waals surface area contributed by atoms with Crippen molar-refractivity contribution >= 4 is 76.2 Å². The van der Waals surface area contributed by atoms with Crippen LogP contribution in [0.5, 0.6) is 11.5 Å². The highest BCUT2D eigenvalue weighted by molar-refractivity contribution is 7.97. The molecule has 4 aromatic rings. The summed E-state index contributed by atoms with van der Waals surface area (Å²) in [7, 11) is -3.08. The lowest BCUT2D eigenvalue weighted by Crippen LogP contribution is -2.57. The molecule has 0 radical (unpaired) electrons. The van der Waals surface area contributed by atoms with Crippen molar-refractivity contribution in [2.24, 2.45) is 5.92 Å². The fourth-order valence-electron chi connectivity index (χ4n) is 9.03. The van der Waals surface area contributed by atoms with Gasteiger partial charge in [0.15, 0.2) is 5.13 Å². The van der Waals surface area contributed by atoms with Gasteiger partial charge in [0.1, 0.15) is 63.4 Å². The van der Waals surface area contributed by atoms with Crippen molar-refractivity contribution in [1.29, 1.82) is 0 Å². The lowest BCUT2D eigenvalue weighted by Gasteiger charge is -2.31. The summed E-state index contributed by atoms with van der Waals surface area (Å²) >= 11 is 9.64. The van der Waals surface area contributed by atoms with E-state index in [1.54, 1.807) is 18.2 Å². The van der Waals surface area contributed by atoms with E-state index in [1.165, 1.54) is 41.4 Å². The molecular weight excluding hydrogens is 923 g/mol. The van der Waals surface area contributed by atoms with Crippen LogP contribution in [0.25, 0.3) is 22.3 Å². The first-order valence-electron chi connectivity index (χ1n) is 21.9. The van der Waals surface area contributed by atoms with E-state index >= 15 is 0 Å². The van der Waals surface area contributed by atoms with Gasteiger partial charge in [-0.05, 0) is 89.0 Å². The number of hydrogen-bond donors (Lipinski definition) is 5. The number of nitrogens with zero attached hydrogens (tertiary/aromatic N) is 3. The van der Waals surface area contributed by atoms with Crippen LogP contribution in [-0.2, 0) is 25.1 Å². The maximum atomic E-state index is 15.0. The fourth-order valence-corrected chi connectivity index (χ4v) is 13.4. The molecule has 2 aliphatic carbocycles. The Morgan fingerprint density at radius 3 is 2.55 bits per heavy atom. The number of methoxy groups -OCH3 is 1. The maximum Gasteiger partial charge on any atom is 0.408 e. The summed E-state index contributed by atoms with van der Waals surface area (Å²) in [5, 5.41) is 10.5. The minimum absolute atomic E-state index is 0.00617. The largest absolute Gasteiger partial charge is 0.495 e. The molecule has 350 valence electrons. The van der Waals surface area contributed by atoms with E-state index in [9.17, 15) is 32.6 Å². The molecule has 2 aliphatic heterocycles. The SMILES string of the molecule is COc1ccc2c(O[C@@H]3C[C@H]4C(=O)N[C@]5(P(=O)(O)Cc6c(F)cccc6F)C[C@H]5CCCCSNC[C@H](NC(=O)OC5CCCC5)C(=O)N4C3)cc(-c3csc(NC(C)C)n3)nc2c1Cl. The molecule has 2 aromatic heterocycles. The third-order valence-electron chi connectivity index (χ3n) is 12.5. The number of amides is 3. The number of fused-ring (bicyclic) bond motifs is 3. The topological polar surface area (TPSA) is 193 Å². The Kier molecular flexibility index (Phi) is 14.5. The van der Waals surface area contributed by atoms with E-state index < -0.39 is 78.0 Å². The standard InChI is InChI=1S/C44H53ClF2N7O8PS2/c1-24(2)49-42-51-34(23-64-42)32-18-37(28-14-15-36(60-3)38(45)39(28)50-32)61-27-17-35-40(55)53-44(63(58,59)22-29-30(46)12-8-13-31(29)47)19-25(44)9-6-7-16-65-48-20-33(41(56)54(35)21-27)52-43(57)62-26-10-4-5-11-26/h8,12-15,18,23-27,33,35,48H,4-7,9-11,16-17,19-22H2,1-3H3,(H,49,51)(H,52,57)(H,53,55)(H,58,59)/t25-,27-,33+,35+,44+/m1/s1. The molecule has 2 saturated heterocycles. The molecule has 8 rings (SSSR count). The lowest BCUT2D eigenvalue weighted by atomic mass is 10.1. The van der Waals surface area contributed by atoms with Crippen molar-refractivity contribution in [3.63, 3.8) is 0 Å². The van der Waals surface area contributed by atoms with Crippen molar-refractivity contribution in [1.82, 2.24) is 30.2 Å². The van der Waals surface area contributed by atoms with Gasteiger partial charge in [-0.2, -0.15) is 0 Å². The fraction of sp³-hybridized carbons (Fsp3) is 0.523. The second kappa shape index (κ2) is 19.9. The highest BCUT2D eigenvalue weighted by Gasteiger charge is 2.66. The predicted molar refractivity (Wildman–Crippen MR) is 247 cm³/mol. The van der Waals surface area contributed by atoms with E-state index in [0.29, 0.717) is 63.9 Å². The van der Waals surface area contributed by atoms with Crippen molar-refractivity contribution < 1.29 is 46.8 Å². The molecule has 2 aromatic carbocycles. The average molecular weight is 977 g/mol. The van der Waals surface area contributed by atoms with E-state index in [4.69, 9.17) is 35.8 Å². The number of carbonyl (C=O) groups excluding carboxylic acids is 3. The molecule has 4 heterocycles. The molecule has 3 amide bonds. The van der Waals surface area contributed by atoms with Crippen LogP contribution in [0.1, 0.15) is 77.2 Å². The van der Waals surface area contributed by atoms with Crippen LogP contribution in [0, 0.1) is 17.6 Å². The highest BCUT2D eigenvalue weighted by atomic mass is 35.5. The summed E-state index contributed by atoms with van der Waals surface area (Å²) in [5.74, 6) is -2.41. The number of carbonyl (C=O) groups is 3. The Hall–Kier alpha value is -4.26. The lowest BCUT2D eigenvalue weighted by molar-refractivity contribution is -0.140. The van der Waals surface area contributed by atoms with Gasteiger partial charge in [0, 0.05) is 47.2 Å². The van der Waals surface area contributed by atoms with Gasteiger partial charge >= 0.3 is 6.09 Å². The molecule has 1 unspecified atom stereocenters. The summed E-state index contributed by atoms with van der Waals surface area (Å²) in [6.07, 6.45) is 2.42. The van der Waals surface area contributed by atoms with Gasteiger partial charge < -0.3 is 40.0 Å². The van der Waals surface area contributed by atoms with Crippen molar-refractivity contribution in [2.75, 3.05) is 31.3 Å². The number of halogens is 3. The average Bonchev–Trinajstić information content (AvgIpc) is 3.68. The zero-order valence-electron chi connectivity index (χ0n) is 36.2. The number of pyridine rings is 1. The Morgan fingerprint density at radius 2 is 1.82 bits per heavy atom. The van der Waals surface area contributed by atoms with Gasteiger partial charge in [-0.3, -0.25) is 18.9 Å². The van der Waals surface area contributed by atoms with Crippen molar-refractivity contribution in [2.45, 2.75) is 113 Å². The molecule has 4 fully saturated rings. The van der Waals surface area contributed by atoms with Crippen LogP contribution >= 0.6 is 42.3 Å². The second-order valence-corrected chi connectivity index (χ2v) is 22.1. The first-order valence-corrected chi connectivity index (χ1v) is 26.0. The number of rotatable bonds is 11. The van der Waals surface area contributed by atoms with Crippen LogP contribution in [0.2, 0.25) is 5.02 Å². The normalized spacial score (nSPS) is 25.2. The first kappa shape index (κ1) is 47.2. The third-order valence-corrected chi connectivity index (χ3v) is 17.1. The van der Waals surface area contributed by atoms with E-state index in [0.717, 1.165) is 37.8 Å². The number of alkyl carbamates (subject to hydrolysis) is 1. The van der Waals surface area contributed by atoms with Crippen LogP contribution in [0.3, 0.4) is 0 Å². The number of benzene rings is 2. The van der Waals surface area contributed by atoms with Gasteiger partial charge in [0.25, 0.3) is 0 Å². The van der Waals surface area contributed by atoms with Crippen molar-refractivity contribution in [3.8, 4) is 22.9 Å².